The van der Waals surface area contributed by atoms with E-state index < -0.39 is 0 Å². The van der Waals surface area contributed by atoms with E-state index in [2.05, 4.69) is 111 Å². The Morgan fingerprint density at radius 3 is 1.02 bits per heavy atom. The molecule has 0 spiro atoms. The van der Waals surface area contributed by atoms with Crippen LogP contribution in [0.3, 0.4) is 0 Å². The number of ketones is 2. The largest absolute Gasteiger partial charge is 0.289 e. The summed E-state index contributed by atoms with van der Waals surface area (Å²) in [6.45, 7) is 21.9. The fraction of sp³-hybridized carbons (Fsp3) is 0.490. The standard InChI is InChI=1S/C51H72O2/c1-38(2)20-13-21-39(3)22-14-23-40(4)24-15-25-41(5)26-16-27-42(6)28-17-29-43(7)30-18-31-44(8)32-19-33-45(9)36-37-47-46(10)50(52)48-34-11-12-35-49(48)51(47)53/h11-12,20,22,24,26,28,30,32,34-36H,13-19,21,23,25,27,29,31,33,37H2,1-10H3/b39-22+,40-24+,41-26-,42-28+,43-30+,44-32+,45-36+. The minimum Gasteiger partial charge on any atom is -0.289 e. The predicted octanol–water partition coefficient (Wildman–Crippen LogP) is 15.8. The molecule has 2 rings (SSSR count). The average molecular weight is 717 g/mol. The van der Waals surface area contributed by atoms with Gasteiger partial charge in [0.25, 0.3) is 0 Å². The van der Waals surface area contributed by atoms with E-state index in [0.717, 1.165) is 77.0 Å². The molecule has 0 atom stereocenters. The number of hydrogen-bond donors (Lipinski definition) is 0. The van der Waals surface area contributed by atoms with E-state index in [4.69, 9.17) is 0 Å². The Morgan fingerprint density at radius 2 is 0.698 bits per heavy atom. The van der Waals surface area contributed by atoms with Gasteiger partial charge in [0.05, 0.1) is 0 Å². The van der Waals surface area contributed by atoms with Gasteiger partial charge in [-0.05, 0) is 166 Å². The maximum Gasteiger partial charge on any atom is 0.190 e. The van der Waals surface area contributed by atoms with Crippen molar-refractivity contribution in [1.29, 1.82) is 0 Å². The fourth-order valence-electron chi connectivity index (χ4n) is 6.65. The van der Waals surface area contributed by atoms with Crippen LogP contribution in [0.2, 0.25) is 0 Å². The minimum atomic E-state index is -0.0230. The molecule has 0 radical (unpaired) electrons. The van der Waals surface area contributed by atoms with Crippen molar-refractivity contribution < 1.29 is 9.59 Å². The Labute approximate surface area is 325 Å². The molecule has 0 saturated carbocycles. The first-order valence-corrected chi connectivity index (χ1v) is 20.4. The Morgan fingerprint density at radius 1 is 0.415 bits per heavy atom. The number of Topliss-reactive ketones (excluding diaryl/α,β-unsaturated/α-hetero) is 2. The van der Waals surface area contributed by atoms with Crippen LogP contribution >= 0.6 is 0 Å². The average Bonchev–Trinajstić information content (AvgIpc) is 3.10. The number of allylic oxidation sites excluding steroid dienone is 18. The quantitative estimate of drug-likeness (QED) is 0.106. The monoisotopic (exact) mass is 717 g/mol. The molecular formula is C51H72O2. The number of rotatable bonds is 23. The number of carbonyl (C=O) groups is 2. The third kappa shape index (κ3) is 18.7. The Hall–Kier alpha value is -3.78. The molecule has 53 heavy (non-hydrogen) atoms. The van der Waals surface area contributed by atoms with Crippen molar-refractivity contribution >= 4 is 11.6 Å². The normalized spacial score (nSPS) is 15.4. The van der Waals surface area contributed by atoms with E-state index in [1.807, 2.05) is 12.1 Å². The lowest BCUT2D eigenvalue weighted by Crippen LogP contribution is -2.20. The van der Waals surface area contributed by atoms with Crippen LogP contribution in [0, 0.1) is 0 Å². The molecule has 0 amide bonds. The van der Waals surface area contributed by atoms with Gasteiger partial charge < -0.3 is 0 Å². The molecule has 0 aliphatic heterocycles. The van der Waals surface area contributed by atoms with Crippen LogP contribution in [0.4, 0.5) is 0 Å². The molecule has 0 fully saturated rings. The highest BCUT2D eigenvalue weighted by Crippen LogP contribution is 2.29. The Bertz CT molecular complexity index is 1650. The molecule has 2 nitrogen and oxygen atoms in total. The third-order valence-corrected chi connectivity index (χ3v) is 10.4. The van der Waals surface area contributed by atoms with Gasteiger partial charge in [0.1, 0.15) is 0 Å². The van der Waals surface area contributed by atoms with Crippen LogP contribution in [0.1, 0.15) is 186 Å². The molecule has 0 bridgehead atoms. The summed E-state index contributed by atoms with van der Waals surface area (Å²) in [7, 11) is 0. The predicted molar refractivity (Wildman–Crippen MR) is 233 cm³/mol. The summed E-state index contributed by atoms with van der Waals surface area (Å²) >= 11 is 0. The lowest BCUT2D eigenvalue weighted by atomic mass is 9.83. The summed E-state index contributed by atoms with van der Waals surface area (Å²) in [6.07, 6.45) is 35.1. The molecule has 0 saturated heterocycles. The summed E-state index contributed by atoms with van der Waals surface area (Å²) in [5, 5.41) is 0. The van der Waals surface area contributed by atoms with Gasteiger partial charge in [-0.2, -0.15) is 0 Å². The third-order valence-electron chi connectivity index (χ3n) is 10.4. The molecule has 0 N–H and O–H groups in total. The van der Waals surface area contributed by atoms with Crippen LogP contribution in [-0.2, 0) is 0 Å². The van der Waals surface area contributed by atoms with Crippen LogP contribution < -0.4 is 0 Å². The lowest BCUT2D eigenvalue weighted by molar-refractivity contribution is 0.0973. The zero-order valence-electron chi connectivity index (χ0n) is 35.4. The summed E-state index contributed by atoms with van der Waals surface area (Å²) in [6, 6.07) is 7.16. The van der Waals surface area contributed by atoms with Crippen LogP contribution in [0.5, 0.6) is 0 Å². The molecule has 1 aromatic carbocycles. The number of fused-ring (bicyclic) bond motifs is 1. The number of carbonyl (C=O) groups excluding carboxylic acids is 2. The highest BCUT2D eigenvalue weighted by Gasteiger charge is 2.28. The van der Waals surface area contributed by atoms with Crippen molar-refractivity contribution in [2.45, 2.75) is 166 Å². The van der Waals surface area contributed by atoms with Crippen molar-refractivity contribution in [2.24, 2.45) is 0 Å². The summed E-state index contributed by atoms with van der Waals surface area (Å²) in [4.78, 5) is 25.8. The topological polar surface area (TPSA) is 34.1 Å². The molecule has 2 heteroatoms. The first-order valence-electron chi connectivity index (χ1n) is 20.4. The van der Waals surface area contributed by atoms with Gasteiger partial charge in [-0.3, -0.25) is 9.59 Å². The van der Waals surface area contributed by atoms with Gasteiger partial charge in [0.2, 0.25) is 0 Å². The second-order valence-corrected chi connectivity index (χ2v) is 15.9. The molecule has 0 heterocycles. The highest BCUT2D eigenvalue weighted by molar-refractivity contribution is 6.26. The summed E-state index contributed by atoms with van der Waals surface area (Å²) in [5.41, 5.74) is 13.9. The highest BCUT2D eigenvalue weighted by atomic mass is 16.1. The second kappa shape index (κ2) is 25.3. The molecule has 0 aromatic heterocycles. The van der Waals surface area contributed by atoms with Crippen molar-refractivity contribution in [3.8, 4) is 0 Å². The molecule has 1 aliphatic rings. The van der Waals surface area contributed by atoms with Crippen molar-refractivity contribution in [3.05, 3.63) is 140 Å². The minimum absolute atomic E-state index is 0.00849. The van der Waals surface area contributed by atoms with E-state index in [1.54, 1.807) is 19.1 Å². The number of hydrogen-bond acceptors (Lipinski definition) is 2. The van der Waals surface area contributed by atoms with Gasteiger partial charge in [-0.1, -0.05) is 117 Å². The zero-order valence-corrected chi connectivity index (χ0v) is 35.4. The van der Waals surface area contributed by atoms with Crippen molar-refractivity contribution in [2.75, 3.05) is 0 Å². The lowest BCUT2D eigenvalue weighted by Gasteiger charge is -2.18. The van der Waals surface area contributed by atoms with E-state index >= 15 is 0 Å². The molecule has 1 aromatic rings. The fourth-order valence-corrected chi connectivity index (χ4v) is 6.65. The van der Waals surface area contributed by atoms with Crippen molar-refractivity contribution in [1.82, 2.24) is 0 Å². The summed E-state index contributed by atoms with van der Waals surface area (Å²) < 4.78 is 0. The van der Waals surface area contributed by atoms with Crippen LogP contribution in [0.25, 0.3) is 0 Å². The molecule has 1 aliphatic carbocycles. The zero-order chi connectivity index (χ0) is 39.2. The number of benzene rings is 1. The molecule has 288 valence electrons. The van der Waals surface area contributed by atoms with Crippen LogP contribution in [-0.4, -0.2) is 11.6 Å². The first-order chi connectivity index (χ1) is 25.3. The maximum absolute atomic E-state index is 13.0. The Balaban J connectivity index is 1.62. The maximum atomic E-state index is 13.0. The van der Waals surface area contributed by atoms with E-state index in [1.165, 1.54) is 57.4 Å². The van der Waals surface area contributed by atoms with Crippen LogP contribution in [0.15, 0.2) is 129 Å². The molecular weight excluding hydrogens is 645 g/mol. The Kier molecular flexibility index (Phi) is 21.6. The smallest absolute Gasteiger partial charge is 0.190 e. The van der Waals surface area contributed by atoms with Gasteiger partial charge in [-0.25, -0.2) is 0 Å². The SMILES string of the molecule is CC(C)=CCC/C(C)=C/CC/C(C)=C/CC/C(C)=C\CC/C(C)=C/CC/C(C)=C/CC/C(C)=C/CC/C(C)=C/CC1=C(C)C(=O)c2ccccc2C1=O. The van der Waals surface area contributed by atoms with Gasteiger partial charge in [-0.15, -0.1) is 0 Å². The van der Waals surface area contributed by atoms with Gasteiger partial charge >= 0.3 is 0 Å². The van der Waals surface area contributed by atoms with E-state index in [0.29, 0.717) is 28.7 Å². The van der Waals surface area contributed by atoms with E-state index in [9.17, 15) is 9.59 Å². The first kappa shape index (κ1) is 45.4. The second-order valence-electron chi connectivity index (χ2n) is 15.9. The summed E-state index contributed by atoms with van der Waals surface area (Å²) in [5.74, 6) is -0.0315. The van der Waals surface area contributed by atoms with Gasteiger partial charge in [0.15, 0.2) is 11.6 Å². The van der Waals surface area contributed by atoms with Crippen molar-refractivity contribution in [3.63, 3.8) is 0 Å². The van der Waals surface area contributed by atoms with E-state index in [-0.39, 0.29) is 11.6 Å². The molecule has 0 unspecified atom stereocenters. The van der Waals surface area contributed by atoms with Gasteiger partial charge in [0, 0.05) is 22.3 Å².